The molecular weight excluding hydrogens is 258 g/mol. The number of rotatable bonds is 4. The molecule has 19 heavy (non-hydrogen) atoms. The van der Waals surface area contributed by atoms with Crippen LogP contribution in [0.25, 0.3) is 0 Å². The molecule has 2 aromatic rings. The lowest BCUT2D eigenvalue weighted by molar-refractivity contribution is 0.0527. The number of hydrogen-bond acceptors (Lipinski definition) is 3. The molecule has 0 saturated heterocycles. The maximum atomic E-state index is 11.9. The second-order valence-corrected chi connectivity index (χ2v) is 5.72. The summed E-state index contributed by atoms with van der Waals surface area (Å²) in [6.45, 7) is 3.84. The van der Waals surface area contributed by atoms with Gasteiger partial charge in [0.1, 0.15) is 5.60 Å². The van der Waals surface area contributed by atoms with E-state index in [0.717, 1.165) is 11.1 Å². The summed E-state index contributed by atoms with van der Waals surface area (Å²) >= 11 is 1.41. The molecule has 1 aromatic carbocycles. The molecular formula is C15H17NO2S. The van der Waals surface area contributed by atoms with E-state index in [-0.39, 0.29) is 12.5 Å². The number of benzene rings is 1. The molecule has 0 aliphatic rings. The van der Waals surface area contributed by atoms with Crippen LogP contribution >= 0.6 is 11.3 Å². The van der Waals surface area contributed by atoms with E-state index < -0.39 is 5.60 Å². The van der Waals surface area contributed by atoms with Crippen molar-refractivity contribution in [3.63, 3.8) is 0 Å². The highest BCUT2D eigenvalue weighted by molar-refractivity contribution is 7.12. The van der Waals surface area contributed by atoms with Crippen molar-refractivity contribution in [1.29, 1.82) is 0 Å². The van der Waals surface area contributed by atoms with Crippen molar-refractivity contribution < 1.29 is 9.90 Å². The number of amides is 1. The van der Waals surface area contributed by atoms with Gasteiger partial charge in [-0.1, -0.05) is 30.3 Å². The summed E-state index contributed by atoms with van der Waals surface area (Å²) in [6, 6.07) is 11.2. The predicted molar refractivity (Wildman–Crippen MR) is 77.4 cm³/mol. The first-order valence-electron chi connectivity index (χ1n) is 6.10. The molecule has 0 radical (unpaired) electrons. The fourth-order valence-electron chi connectivity index (χ4n) is 1.79. The minimum atomic E-state index is -1.07. The van der Waals surface area contributed by atoms with Gasteiger partial charge in [0.25, 0.3) is 5.91 Å². The highest BCUT2D eigenvalue weighted by Crippen LogP contribution is 2.19. The van der Waals surface area contributed by atoms with Gasteiger partial charge < -0.3 is 10.4 Å². The van der Waals surface area contributed by atoms with Crippen molar-refractivity contribution in [1.82, 2.24) is 5.32 Å². The summed E-state index contributed by atoms with van der Waals surface area (Å²) in [6.07, 6.45) is 0. The van der Waals surface area contributed by atoms with Gasteiger partial charge in [-0.3, -0.25) is 4.79 Å². The normalized spacial score (nSPS) is 13.8. The van der Waals surface area contributed by atoms with Crippen molar-refractivity contribution in [2.24, 2.45) is 0 Å². The quantitative estimate of drug-likeness (QED) is 0.901. The van der Waals surface area contributed by atoms with E-state index in [0.29, 0.717) is 4.88 Å². The van der Waals surface area contributed by atoms with E-state index in [4.69, 9.17) is 0 Å². The van der Waals surface area contributed by atoms with Crippen molar-refractivity contribution in [3.05, 3.63) is 57.8 Å². The Morgan fingerprint density at radius 3 is 2.63 bits per heavy atom. The zero-order valence-corrected chi connectivity index (χ0v) is 11.8. The molecule has 0 saturated carbocycles. The summed E-state index contributed by atoms with van der Waals surface area (Å²) in [5, 5.41) is 15.1. The Morgan fingerprint density at radius 2 is 2.05 bits per heavy atom. The molecule has 0 aliphatic carbocycles. The SMILES string of the molecule is Cc1csc(C(=O)NC[C@@](C)(O)c2ccccc2)c1. The molecule has 0 fully saturated rings. The molecule has 1 atom stereocenters. The molecule has 2 N–H and O–H groups in total. The molecule has 4 heteroatoms. The van der Waals surface area contributed by atoms with E-state index in [1.165, 1.54) is 11.3 Å². The minimum absolute atomic E-state index is 0.144. The van der Waals surface area contributed by atoms with Crippen molar-refractivity contribution in [2.45, 2.75) is 19.4 Å². The lowest BCUT2D eigenvalue weighted by Crippen LogP contribution is -2.38. The van der Waals surface area contributed by atoms with Crippen LogP contribution in [0.15, 0.2) is 41.8 Å². The number of carbonyl (C=O) groups excluding carboxylic acids is 1. The molecule has 0 spiro atoms. The van der Waals surface area contributed by atoms with Crippen LogP contribution < -0.4 is 5.32 Å². The summed E-state index contributed by atoms with van der Waals surface area (Å²) in [5.41, 5.74) is 0.797. The molecule has 1 aromatic heterocycles. The molecule has 100 valence electrons. The first-order valence-corrected chi connectivity index (χ1v) is 6.98. The fraction of sp³-hybridized carbons (Fsp3) is 0.267. The molecule has 1 amide bonds. The minimum Gasteiger partial charge on any atom is -0.384 e. The molecule has 3 nitrogen and oxygen atoms in total. The van der Waals surface area contributed by atoms with Gasteiger partial charge in [0.05, 0.1) is 11.4 Å². The first kappa shape index (κ1) is 13.8. The van der Waals surface area contributed by atoms with Gasteiger partial charge in [0.2, 0.25) is 0 Å². The zero-order chi connectivity index (χ0) is 13.9. The Labute approximate surface area is 116 Å². The summed E-state index contributed by atoms with van der Waals surface area (Å²) in [5.74, 6) is -0.144. The zero-order valence-electron chi connectivity index (χ0n) is 11.0. The van der Waals surface area contributed by atoms with Crippen molar-refractivity contribution in [3.8, 4) is 0 Å². The Morgan fingerprint density at radius 1 is 1.37 bits per heavy atom. The number of nitrogens with one attached hydrogen (secondary N) is 1. The van der Waals surface area contributed by atoms with Gasteiger partial charge in [0, 0.05) is 0 Å². The number of carbonyl (C=O) groups is 1. The topological polar surface area (TPSA) is 49.3 Å². The van der Waals surface area contributed by atoms with E-state index in [1.54, 1.807) is 6.92 Å². The molecule has 1 heterocycles. The lowest BCUT2D eigenvalue weighted by Gasteiger charge is -2.24. The standard InChI is InChI=1S/C15H17NO2S/c1-11-8-13(19-9-11)14(17)16-10-15(2,18)12-6-4-3-5-7-12/h3-9,18H,10H2,1-2H3,(H,16,17)/t15-/m1/s1. The molecule has 2 rings (SSSR count). The monoisotopic (exact) mass is 275 g/mol. The first-order chi connectivity index (χ1) is 8.99. The summed E-state index contributed by atoms with van der Waals surface area (Å²) in [4.78, 5) is 12.6. The van der Waals surface area contributed by atoms with Gasteiger partial charge >= 0.3 is 0 Å². The van der Waals surface area contributed by atoms with Gasteiger partial charge in [-0.25, -0.2) is 0 Å². The molecule has 0 aliphatic heterocycles. The fourth-order valence-corrected chi connectivity index (χ4v) is 2.60. The number of hydrogen-bond donors (Lipinski definition) is 2. The van der Waals surface area contributed by atoms with E-state index in [2.05, 4.69) is 5.32 Å². The van der Waals surface area contributed by atoms with Crippen molar-refractivity contribution >= 4 is 17.2 Å². The van der Waals surface area contributed by atoms with Gasteiger partial charge in [-0.05, 0) is 36.4 Å². The maximum Gasteiger partial charge on any atom is 0.261 e. The second-order valence-electron chi connectivity index (χ2n) is 4.81. The van der Waals surface area contributed by atoms with Crippen molar-refractivity contribution in [2.75, 3.05) is 6.54 Å². The lowest BCUT2D eigenvalue weighted by atomic mass is 9.96. The molecule has 0 bridgehead atoms. The maximum absolute atomic E-state index is 11.9. The Hall–Kier alpha value is -1.65. The average molecular weight is 275 g/mol. The Balaban J connectivity index is 2.00. The third-order valence-electron chi connectivity index (χ3n) is 2.94. The largest absolute Gasteiger partial charge is 0.384 e. The van der Waals surface area contributed by atoms with E-state index in [1.807, 2.05) is 48.7 Å². The smallest absolute Gasteiger partial charge is 0.261 e. The summed E-state index contributed by atoms with van der Waals surface area (Å²) in [7, 11) is 0. The van der Waals surface area contributed by atoms with Crippen LogP contribution in [0.3, 0.4) is 0 Å². The van der Waals surface area contributed by atoms with Crippen LogP contribution in [-0.2, 0) is 5.60 Å². The van der Waals surface area contributed by atoms with Gasteiger partial charge in [0.15, 0.2) is 0 Å². The molecule has 0 unspecified atom stereocenters. The van der Waals surface area contributed by atoms with Gasteiger partial charge in [-0.2, -0.15) is 0 Å². The number of aliphatic hydroxyl groups is 1. The van der Waals surface area contributed by atoms with Gasteiger partial charge in [-0.15, -0.1) is 11.3 Å². The third kappa shape index (κ3) is 3.43. The van der Waals surface area contributed by atoms with Crippen LogP contribution in [0.2, 0.25) is 0 Å². The van der Waals surface area contributed by atoms with E-state index >= 15 is 0 Å². The van der Waals surface area contributed by atoms with Crippen LogP contribution in [0, 0.1) is 6.92 Å². The Kier molecular flexibility index (Phi) is 4.02. The predicted octanol–water partition coefficient (Wildman–Crippen LogP) is 2.69. The third-order valence-corrected chi connectivity index (χ3v) is 3.99. The summed E-state index contributed by atoms with van der Waals surface area (Å²) < 4.78 is 0. The highest BCUT2D eigenvalue weighted by Gasteiger charge is 2.23. The second kappa shape index (κ2) is 5.55. The van der Waals surface area contributed by atoms with Crippen LogP contribution in [0.1, 0.15) is 27.7 Å². The van der Waals surface area contributed by atoms with Crippen LogP contribution in [0.4, 0.5) is 0 Å². The number of thiophene rings is 1. The average Bonchev–Trinajstić information content (AvgIpc) is 2.84. The van der Waals surface area contributed by atoms with Crippen LogP contribution in [-0.4, -0.2) is 17.6 Å². The van der Waals surface area contributed by atoms with Crippen LogP contribution in [0.5, 0.6) is 0 Å². The van der Waals surface area contributed by atoms with E-state index in [9.17, 15) is 9.90 Å². The number of aryl methyl sites for hydroxylation is 1. The highest BCUT2D eigenvalue weighted by atomic mass is 32.1. The Bertz CT molecular complexity index is 561.